The Morgan fingerprint density at radius 3 is 1.89 bits per heavy atom. The molecule has 0 aliphatic heterocycles. The minimum absolute atomic E-state index is 0.163. The van der Waals surface area contributed by atoms with Crippen LogP contribution in [0.3, 0.4) is 0 Å². The summed E-state index contributed by atoms with van der Waals surface area (Å²) in [7, 11) is 1.57. The SMILES string of the molecule is CNC(=O)c1ccc(-c2ccc(OC(=O)On3c(O)ccc3O)cc2)cc1. The number of aromatic nitrogens is 1. The van der Waals surface area contributed by atoms with Gasteiger partial charge in [0, 0.05) is 24.7 Å². The second kappa shape index (κ2) is 7.52. The number of hydrogen-bond donors (Lipinski definition) is 3. The highest BCUT2D eigenvalue weighted by molar-refractivity contribution is 5.94. The number of nitrogens with zero attached hydrogens (tertiary/aromatic N) is 1. The van der Waals surface area contributed by atoms with E-state index in [1.54, 1.807) is 43.4 Å². The number of carbonyl (C=O) groups is 2. The highest BCUT2D eigenvalue weighted by atomic mass is 16.8. The average Bonchev–Trinajstić information content (AvgIpc) is 3.00. The van der Waals surface area contributed by atoms with Gasteiger partial charge in [0.1, 0.15) is 5.75 Å². The van der Waals surface area contributed by atoms with E-state index in [-0.39, 0.29) is 11.7 Å². The molecule has 3 rings (SSSR count). The van der Waals surface area contributed by atoms with Gasteiger partial charge in [-0.2, -0.15) is 0 Å². The highest BCUT2D eigenvalue weighted by Gasteiger charge is 2.14. The molecule has 2 aromatic carbocycles. The van der Waals surface area contributed by atoms with Crippen molar-refractivity contribution in [3.63, 3.8) is 0 Å². The van der Waals surface area contributed by atoms with Crippen molar-refractivity contribution >= 4 is 12.1 Å². The number of carbonyl (C=O) groups excluding carboxylic acids is 2. The molecule has 1 aromatic heterocycles. The molecule has 3 aromatic rings. The molecule has 0 atom stereocenters. The Hall–Kier alpha value is -3.94. The van der Waals surface area contributed by atoms with E-state index in [2.05, 4.69) is 5.32 Å². The molecule has 0 saturated heterocycles. The van der Waals surface area contributed by atoms with Crippen LogP contribution >= 0.6 is 0 Å². The van der Waals surface area contributed by atoms with Crippen LogP contribution in [0.5, 0.6) is 17.5 Å². The standard InChI is InChI=1S/C19H16N2O6/c1-20-18(24)14-4-2-12(3-5-14)13-6-8-15(9-7-13)26-19(25)27-21-16(22)10-11-17(21)23/h2-11,22-23H,1H3,(H,20,24). The first-order valence-corrected chi connectivity index (χ1v) is 7.90. The molecule has 1 amide bonds. The summed E-state index contributed by atoms with van der Waals surface area (Å²) >= 11 is 0. The van der Waals surface area contributed by atoms with E-state index in [1.807, 2.05) is 12.1 Å². The first-order chi connectivity index (χ1) is 13.0. The summed E-state index contributed by atoms with van der Waals surface area (Å²) in [6.07, 6.45) is -1.13. The molecule has 0 bridgehead atoms. The molecule has 8 heteroatoms. The van der Waals surface area contributed by atoms with Gasteiger partial charge in [0.15, 0.2) is 0 Å². The maximum atomic E-state index is 11.7. The summed E-state index contributed by atoms with van der Waals surface area (Å²) in [5.41, 5.74) is 2.30. The number of nitrogens with one attached hydrogen (secondary N) is 1. The van der Waals surface area contributed by atoms with Crippen LogP contribution in [-0.4, -0.2) is 34.1 Å². The number of amides is 1. The smallest absolute Gasteiger partial charge is 0.492 e. The molecule has 8 nitrogen and oxygen atoms in total. The molecule has 3 N–H and O–H groups in total. The summed E-state index contributed by atoms with van der Waals surface area (Å²) in [6.45, 7) is 0. The molecule has 0 fully saturated rings. The van der Waals surface area contributed by atoms with Crippen molar-refractivity contribution in [3.05, 3.63) is 66.2 Å². The summed E-state index contributed by atoms with van der Waals surface area (Å²) in [4.78, 5) is 28.0. The van der Waals surface area contributed by atoms with Crippen LogP contribution in [-0.2, 0) is 0 Å². The van der Waals surface area contributed by atoms with Gasteiger partial charge in [-0.25, -0.2) is 4.79 Å². The van der Waals surface area contributed by atoms with Crippen LogP contribution in [0.2, 0.25) is 0 Å². The molecule has 138 valence electrons. The van der Waals surface area contributed by atoms with Gasteiger partial charge in [-0.1, -0.05) is 24.3 Å². The molecule has 0 radical (unpaired) electrons. The lowest BCUT2D eigenvalue weighted by Gasteiger charge is -2.08. The molecule has 0 aliphatic rings. The lowest BCUT2D eigenvalue weighted by atomic mass is 10.0. The maximum absolute atomic E-state index is 11.7. The quantitative estimate of drug-likeness (QED) is 0.482. The zero-order chi connectivity index (χ0) is 19.4. The zero-order valence-electron chi connectivity index (χ0n) is 14.2. The van der Waals surface area contributed by atoms with E-state index < -0.39 is 17.9 Å². The summed E-state index contributed by atoms with van der Waals surface area (Å²) in [5.74, 6) is -0.833. The number of aromatic hydroxyl groups is 2. The summed E-state index contributed by atoms with van der Waals surface area (Å²) in [5, 5.41) is 21.4. The molecular formula is C19H16N2O6. The molecule has 0 spiro atoms. The molecule has 27 heavy (non-hydrogen) atoms. The van der Waals surface area contributed by atoms with Crippen molar-refractivity contribution in [2.45, 2.75) is 0 Å². The van der Waals surface area contributed by atoms with Crippen molar-refractivity contribution in [2.24, 2.45) is 0 Å². The maximum Gasteiger partial charge on any atom is 0.539 e. The third kappa shape index (κ3) is 4.01. The Kier molecular flexibility index (Phi) is 4.98. The topological polar surface area (TPSA) is 110 Å². The Morgan fingerprint density at radius 1 is 0.852 bits per heavy atom. The van der Waals surface area contributed by atoms with E-state index in [9.17, 15) is 19.8 Å². The predicted octanol–water partition coefficient (Wildman–Crippen LogP) is 2.55. The highest BCUT2D eigenvalue weighted by Crippen LogP contribution is 2.23. The fraction of sp³-hybridized carbons (Fsp3) is 0.0526. The van der Waals surface area contributed by atoms with E-state index in [0.717, 1.165) is 23.3 Å². The Balaban J connectivity index is 1.66. The van der Waals surface area contributed by atoms with Gasteiger partial charge in [-0.3, -0.25) is 9.63 Å². The Morgan fingerprint density at radius 2 is 1.37 bits per heavy atom. The van der Waals surface area contributed by atoms with Crippen molar-refractivity contribution in [2.75, 3.05) is 7.05 Å². The van der Waals surface area contributed by atoms with Gasteiger partial charge in [0.25, 0.3) is 5.91 Å². The van der Waals surface area contributed by atoms with Crippen LogP contribution in [0.1, 0.15) is 10.4 Å². The minimum atomic E-state index is -1.13. The number of benzene rings is 2. The van der Waals surface area contributed by atoms with Crippen LogP contribution in [0.4, 0.5) is 4.79 Å². The van der Waals surface area contributed by atoms with Gasteiger partial charge in [-0.15, -0.1) is 4.73 Å². The van der Waals surface area contributed by atoms with Crippen molar-refractivity contribution in [1.29, 1.82) is 0 Å². The lowest BCUT2D eigenvalue weighted by Crippen LogP contribution is -2.22. The van der Waals surface area contributed by atoms with Crippen LogP contribution in [0.25, 0.3) is 11.1 Å². The average molecular weight is 368 g/mol. The fourth-order valence-corrected chi connectivity index (χ4v) is 2.36. The van der Waals surface area contributed by atoms with Gasteiger partial charge in [0.05, 0.1) is 0 Å². The third-order valence-electron chi connectivity index (χ3n) is 3.73. The van der Waals surface area contributed by atoms with Crippen LogP contribution in [0.15, 0.2) is 60.7 Å². The summed E-state index contributed by atoms with van der Waals surface area (Å²) < 4.78 is 5.53. The number of rotatable bonds is 4. The number of ether oxygens (including phenoxy) is 1. The fourth-order valence-electron chi connectivity index (χ4n) is 2.36. The molecule has 0 unspecified atom stereocenters. The number of hydrogen-bond acceptors (Lipinski definition) is 6. The second-order valence-corrected chi connectivity index (χ2v) is 5.47. The summed E-state index contributed by atoms with van der Waals surface area (Å²) in [6, 6.07) is 16.0. The molecule has 0 aliphatic carbocycles. The van der Waals surface area contributed by atoms with Gasteiger partial charge < -0.3 is 20.3 Å². The monoisotopic (exact) mass is 368 g/mol. The van der Waals surface area contributed by atoms with Crippen molar-refractivity contribution in [3.8, 4) is 28.6 Å². The Bertz CT molecular complexity index is 941. The first-order valence-electron chi connectivity index (χ1n) is 7.90. The largest absolute Gasteiger partial charge is 0.539 e. The molecule has 1 heterocycles. The zero-order valence-corrected chi connectivity index (χ0v) is 14.2. The van der Waals surface area contributed by atoms with Crippen LogP contribution < -0.4 is 14.9 Å². The van der Waals surface area contributed by atoms with Gasteiger partial charge >= 0.3 is 6.16 Å². The van der Waals surface area contributed by atoms with E-state index in [1.165, 1.54) is 0 Å². The van der Waals surface area contributed by atoms with E-state index in [0.29, 0.717) is 10.3 Å². The molecule has 0 saturated carbocycles. The normalized spacial score (nSPS) is 10.3. The minimum Gasteiger partial charge on any atom is -0.492 e. The van der Waals surface area contributed by atoms with Crippen molar-refractivity contribution < 1.29 is 29.4 Å². The second-order valence-electron chi connectivity index (χ2n) is 5.47. The molecular weight excluding hydrogens is 352 g/mol. The van der Waals surface area contributed by atoms with Crippen molar-refractivity contribution in [1.82, 2.24) is 10.0 Å². The third-order valence-corrected chi connectivity index (χ3v) is 3.73. The van der Waals surface area contributed by atoms with E-state index in [4.69, 9.17) is 9.57 Å². The Labute approximate surface area is 154 Å². The van der Waals surface area contributed by atoms with Gasteiger partial charge in [0.2, 0.25) is 11.8 Å². The van der Waals surface area contributed by atoms with E-state index >= 15 is 0 Å². The van der Waals surface area contributed by atoms with Gasteiger partial charge in [-0.05, 0) is 35.4 Å². The predicted molar refractivity (Wildman–Crippen MR) is 95.6 cm³/mol. The lowest BCUT2D eigenvalue weighted by molar-refractivity contribution is 0.0708. The first kappa shape index (κ1) is 17.9. The van der Waals surface area contributed by atoms with Crippen LogP contribution in [0, 0.1) is 0 Å².